The van der Waals surface area contributed by atoms with E-state index in [1.54, 1.807) is 37.4 Å². The molecular formula is C21H22ClFN4O4S. The number of carbonyl (C=O) groups excluding carboxylic acids is 1. The second-order valence-electron chi connectivity index (χ2n) is 7.13. The molecule has 0 aliphatic carbocycles. The number of rotatable bonds is 9. The van der Waals surface area contributed by atoms with Crippen LogP contribution in [0.4, 0.5) is 10.1 Å². The summed E-state index contributed by atoms with van der Waals surface area (Å²) in [6.45, 7) is 0.0515. The fraction of sp³-hybridized carbons (Fsp3) is 0.286. The summed E-state index contributed by atoms with van der Waals surface area (Å²) >= 11 is 6.14. The Hall–Kier alpha value is -2.98. The van der Waals surface area contributed by atoms with Crippen molar-refractivity contribution >= 4 is 33.2 Å². The third-order valence-electron chi connectivity index (χ3n) is 4.65. The van der Waals surface area contributed by atoms with Gasteiger partial charge in [-0.25, -0.2) is 12.8 Å². The SMILES string of the molecule is CN(Cc1nc(-c2ccccc2Cl)no1)C(=O)CCCN(c1ccccc1F)S(C)(=O)=O. The maximum atomic E-state index is 14.1. The monoisotopic (exact) mass is 480 g/mol. The van der Waals surface area contributed by atoms with Crippen molar-refractivity contribution in [1.82, 2.24) is 15.0 Å². The van der Waals surface area contributed by atoms with Crippen LogP contribution < -0.4 is 4.31 Å². The molecule has 0 saturated heterocycles. The van der Waals surface area contributed by atoms with Crippen molar-refractivity contribution in [3.8, 4) is 11.4 Å². The van der Waals surface area contributed by atoms with Gasteiger partial charge in [-0.1, -0.05) is 41.0 Å². The molecule has 3 aromatic rings. The predicted molar refractivity (Wildman–Crippen MR) is 119 cm³/mol. The molecule has 8 nitrogen and oxygen atoms in total. The zero-order chi connectivity index (χ0) is 23.3. The maximum absolute atomic E-state index is 14.1. The highest BCUT2D eigenvalue weighted by molar-refractivity contribution is 7.92. The maximum Gasteiger partial charge on any atom is 0.246 e. The second-order valence-corrected chi connectivity index (χ2v) is 9.45. The Morgan fingerprint density at radius 3 is 2.53 bits per heavy atom. The Balaban J connectivity index is 1.58. The molecule has 0 unspecified atom stereocenters. The van der Waals surface area contributed by atoms with Gasteiger partial charge in [-0.2, -0.15) is 4.98 Å². The summed E-state index contributed by atoms with van der Waals surface area (Å²) in [5.74, 6) is -0.336. The molecule has 32 heavy (non-hydrogen) atoms. The first-order valence-corrected chi connectivity index (χ1v) is 11.9. The van der Waals surface area contributed by atoms with E-state index in [9.17, 15) is 17.6 Å². The highest BCUT2D eigenvalue weighted by atomic mass is 35.5. The first-order valence-electron chi connectivity index (χ1n) is 9.70. The number of sulfonamides is 1. The second kappa shape index (κ2) is 10.1. The van der Waals surface area contributed by atoms with Crippen molar-refractivity contribution < 1.29 is 22.1 Å². The molecule has 0 saturated carbocycles. The normalized spacial score (nSPS) is 11.4. The lowest BCUT2D eigenvalue weighted by atomic mass is 10.2. The van der Waals surface area contributed by atoms with Crippen LogP contribution in [-0.4, -0.2) is 49.2 Å². The largest absolute Gasteiger partial charge is 0.337 e. The lowest BCUT2D eigenvalue weighted by molar-refractivity contribution is -0.130. The summed E-state index contributed by atoms with van der Waals surface area (Å²) in [5, 5.41) is 4.38. The van der Waals surface area contributed by atoms with Crippen molar-refractivity contribution in [2.75, 3.05) is 24.2 Å². The number of hydrogen-bond acceptors (Lipinski definition) is 6. The van der Waals surface area contributed by atoms with Gasteiger partial charge in [0.2, 0.25) is 27.6 Å². The molecule has 1 aromatic heterocycles. The number of anilines is 1. The Morgan fingerprint density at radius 1 is 1.16 bits per heavy atom. The van der Waals surface area contributed by atoms with Crippen LogP contribution in [0, 0.1) is 5.82 Å². The topological polar surface area (TPSA) is 96.6 Å². The highest BCUT2D eigenvalue weighted by Crippen LogP contribution is 2.25. The summed E-state index contributed by atoms with van der Waals surface area (Å²) in [6, 6.07) is 12.7. The summed E-state index contributed by atoms with van der Waals surface area (Å²) in [4.78, 5) is 18.2. The van der Waals surface area contributed by atoms with E-state index in [4.69, 9.17) is 16.1 Å². The van der Waals surface area contributed by atoms with Crippen LogP contribution in [0.1, 0.15) is 18.7 Å². The molecule has 1 amide bonds. The number of carbonyl (C=O) groups is 1. The van der Waals surface area contributed by atoms with E-state index in [0.29, 0.717) is 16.4 Å². The fourth-order valence-corrected chi connectivity index (χ4v) is 4.23. The molecule has 2 aromatic carbocycles. The molecule has 0 N–H and O–H groups in total. The zero-order valence-corrected chi connectivity index (χ0v) is 19.1. The van der Waals surface area contributed by atoms with E-state index in [0.717, 1.165) is 10.6 Å². The van der Waals surface area contributed by atoms with E-state index >= 15 is 0 Å². The number of hydrogen-bond donors (Lipinski definition) is 0. The molecule has 0 aliphatic rings. The number of nitrogens with zero attached hydrogens (tertiary/aromatic N) is 4. The first kappa shape index (κ1) is 23.7. The Labute approximate surface area is 190 Å². The van der Waals surface area contributed by atoms with Crippen molar-refractivity contribution in [3.05, 3.63) is 65.3 Å². The van der Waals surface area contributed by atoms with E-state index in [-0.39, 0.29) is 43.4 Å². The third kappa shape index (κ3) is 5.83. The number of halogens is 2. The molecule has 0 spiro atoms. The average Bonchev–Trinajstić information content (AvgIpc) is 3.19. The van der Waals surface area contributed by atoms with Gasteiger partial charge in [0.05, 0.1) is 23.5 Å². The Morgan fingerprint density at radius 2 is 1.84 bits per heavy atom. The standard InChI is InChI=1S/C21H22ClFN4O4S/c1-26(14-19-24-21(25-31-19)15-8-3-4-9-16(15)22)20(28)12-7-13-27(32(2,29)30)18-11-6-5-10-17(18)23/h3-6,8-11H,7,12-14H2,1-2H3. The van der Waals surface area contributed by atoms with Crippen LogP contribution in [0.3, 0.4) is 0 Å². The summed E-state index contributed by atoms with van der Waals surface area (Å²) in [5.41, 5.74) is 0.570. The molecule has 0 radical (unpaired) electrons. The van der Waals surface area contributed by atoms with Gasteiger partial charge in [0, 0.05) is 25.6 Å². The van der Waals surface area contributed by atoms with Crippen molar-refractivity contribution in [2.24, 2.45) is 0 Å². The Kier molecular flexibility index (Phi) is 7.47. The zero-order valence-electron chi connectivity index (χ0n) is 17.5. The van der Waals surface area contributed by atoms with Gasteiger partial charge in [-0.15, -0.1) is 0 Å². The van der Waals surface area contributed by atoms with Crippen molar-refractivity contribution in [2.45, 2.75) is 19.4 Å². The average molecular weight is 481 g/mol. The van der Waals surface area contributed by atoms with Crippen molar-refractivity contribution in [1.29, 1.82) is 0 Å². The van der Waals surface area contributed by atoms with Crippen molar-refractivity contribution in [3.63, 3.8) is 0 Å². The van der Waals surface area contributed by atoms with Gasteiger partial charge in [-0.05, 0) is 30.7 Å². The quantitative estimate of drug-likeness (QED) is 0.463. The van der Waals surface area contributed by atoms with E-state index in [2.05, 4.69) is 10.1 Å². The molecule has 0 atom stereocenters. The van der Waals surface area contributed by atoms with E-state index in [1.807, 2.05) is 0 Å². The van der Waals surface area contributed by atoms with Crippen LogP contribution in [0.2, 0.25) is 5.02 Å². The van der Waals surface area contributed by atoms with Crippen LogP contribution in [0.25, 0.3) is 11.4 Å². The van der Waals surface area contributed by atoms with Crippen LogP contribution >= 0.6 is 11.6 Å². The van der Waals surface area contributed by atoms with Gasteiger partial charge in [0.1, 0.15) is 5.82 Å². The lowest BCUT2D eigenvalue weighted by Gasteiger charge is -2.23. The van der Waals surface area contributed by atoms with E-state index in [1.165, 1.54) is 23.1 Å². The minimum absolute atomic E-state index is 0.0312. The highest BCUT2D eigenvalue weighted by Gasteiger charge is 2.21. The van der Waals surface area contributed by atoms with Gasteiger partial charge >= 0.3 is 0 Å². The minimum atomic E-state index is -3.71. The van der Waals surface area contributed by atoms with Gasteiger partial charge in [0.15, 0.2) is 0 Å². The third-order valence-corrected chi connectivity index (χ3v) is 6.16. The number of benzene rings is 2. The number of aromatic nitrogens is 2. The molecule has 0 aliphatic heterocycles. The molecule has 11 heteroatoms. The Bertz CT molecular complexity index is 1200. The van der Waals surface area contributed by atoms with E-state index < -0.39 is 15.8 Å². The van der Waals surface area contributed by atoms with Gasteiger partial charge < -0.3 is 9.42 Å². The van der Waals surface area contributed by atoms with Gasteiger partial charge in [-0.3, -0.25) is 9.10 Å². The molecule has 0 bridgehead atoms. The van der Waals surface area contributed by atoms with Crippen LogP contribution in [-0.2, 0) is 21.4 Å². The fourth-order valence-electron chi connectivity index (χ4n) is 3.05. The van der Waals surface area contributed by atoms with Crippen LogP contribution in [0.5, 0.6) is 0 Å². The number of amides is 1. The molecule has 3 rings (SSSR count). The molecule has 0 fully saturated rings. The summed E-state index contributed by atoms with van der Waals surface area (Å²) < 4.78 is 44.4. The molecule has 1 heterocycles. The van der Waals surface area contributed by atoms with Crippen LogP contribution in [0.15, 0.2) is 53.1 Å². The summed E-state index contributed by atoms with van der Waals surface area (Å²) in [6.07, 6.45) is 1.27. The predicted octanol–water partition coefficient (Wildman–Crippen LogP) is 3.73. The molecule has 170 valence electrons. The first-order chi connectivity index (χ1) is 15.2. The summed E-state index contributed by atoms with van der Waals surface area (Å²) in [7, 11) is -2.13. The number of para-hydroxylation sites is 1. The minimum Gasteiger partial charge on any atom is -0.337 e. The lowest BCUT2D eigenvalue weighted by Crippen LogP contribution is -2.33. The smallest absolute Gasteiger partial charge is 0.246 e. The van der Waals surface area contributed by atoms with Gasteiger partial charge in [0.25, 0.3) is 0 Å². The molecular weight excluding hydrogens is 459 g/mol.